The monoisotopic (exact) mass is 510 g/mol. The Hall–Kier alpha value is -4.17. The average molecular weight is 511 g/mol. The van der Waals surface area contributed by atoms with Gasteiger partial charge in [0.1, 0.15) is 11.5 Å². The Bertz CT molecular complexity index is 1570. The zero-order valence-corrected chi connectivity index (χ0v) is 22.0. The second-order valence-electron chi connectivity index (χ2n) is 9.95. The first-order chi connectivity index (χ1) is 18.3. The Kier molecular flexibility index (Phi) is 7.15. The number of aromatic amines is 1. The lowest BCUT2D eigenvalue weighted by Crippen LogP contribution is -2.42. The van der Waals surface area contributed by atoms with Crippen LogP contribution in [0.4, 0.5) is 4.39 Å². The van der Waals surface area contributed by atoms with Gasteiger partial charge in [0.25, 0.3) is 5.91 Å². The summed E-state index contributed by atoms with van der Waals surface area (Å²) in [5.41, 5.74) is 4.57. The Morgan fingerprint density at radius 1 is 1.00 bits per heavy atom. The molecule has 8 heteroatoms. The van der Waals surface area contributed by atoms with Gasteiger partial charge in [0.2, 0.25) is 0 Å². The molecule has 0 aliphatic carbocycles. The highest BCUT2D eigenvalue weighted by Gasteiger charge is 2.18. The maximum Gasteiger partial charge on any atom is 0.251 e. The molecule has 5 rings (SSSR count). The van der Waals surface area contributed by atoms with Crippen LogP contribution in [0.2, 0.25) is 0 Å². The number of hydrogen-bond donors (Lipinski definition) is 2. The molecule has 1 amide bonds. The van der Waals surface area contributed by atoms with E-state index in [0.717, 1.165) is 28.7 Å². The van der Waals surface area contributed by atoms with E-state index in [2.05, 4.69) is 57.8 Å². The van der Waals surface area contributed by atoms with E-state index in [1.807, 2.05) is 18.2 Å². The second-order valence-corrected chi connectivity index (χ2v) is 9.95. The summed E-state index contributed by atoms with van der Waals surface area (Å²) in [7, 11) is 0. The molecular formula is C30H31FN6O. The van der Waals surface area contributed by atoms with Crippen LogP contribution in [-0.4, -0.2) is 55.9 Å². The van der Waals surface area contributed by atoms with Crippen LogP contribution < -0.4 is 5.32 Å². The van der Waals surface area contributed by atoms with Crippen LogP contribution in [-0.2, 0) is 0 Å². The Balaban J connectivity index is 1.45. The van der Waals surface area contributed by atoms with E-state index in [1.165, 1.54) is 6.20 Å². The first-order valence-corrected chi connectivity index (χ1v) is 12.8. The van der Waals surface area contributed by atoms with Crippen LogP contribution in [0.15, 0.2) is 67.3 Å². The number of hydrogen-bond acceptors (Lipinski definition) is 5. The number of H-pyrrole nitrogens is 1. The van der Waals surface area contributed by atoms with E-state index in [9.17, 15) is 4.79 Å². The molecule has 5 aromatic rings. The first kappa shape index (κ1) is 25.5. The third kappa shape index (κ3) is 4.99. The van der Waals surface area contributed by atoms with Gasteiger partial charge in [-0.1, -0.05) is 12.1 Å². The highest BCUT2D eigenvalue weighted by molar-refractivity contribution is 6.13. The average Bonchev–Trinajstić information content (AvgIpc) is 3.29. The van der Waals surface area contributed by atoms with E-state index in [1.54, 1.807) is 42.9 Å². The highest BCUT2D eigenvalue weighted by atomic mass is 19.1. The second kappa shape index (κ2) is 10.7. The van der Waals surface area contributed by atoms with Gasteiger partial charge in [-0.05, 0) is 63.6 Å². The number of carbonyl (C=O) groups is 1. The van der Waals surface area contributed by atoms with Crippen LogP contribution >= 0.6 is 0 Å². The van der Waals surface area contributed by atoms with Gasteiger partial charge in [0.05, 0.1) is 23.6 Å². The molecule has 0 fully saturated rings. The molecule has 0 unspecified atom stereocenters. The molecule has 0 saturated heterocycles. The molecule has 194 valence electrons. The molecule has 0 aliphatic heterocycles. The lowest BCUT2D eigenvalue weighted by atomic mass is 9.99. The number of nitrogens with one attached hydrogen (secondary N) is 2. The fraction of sp³-hybridized carbons (Fsp3) is 0.267. The Labute approximate surface area is 221 Å². The molecule has 0 saturated carbocycles. The molecule has 0 atom stereocenters. The minimum Gasteiger partial charge on any atom is -0.351 e. The number of nitrogens with zero attached hydrogens (tertiary/aromatic N) is 4. The maximum atomic E-state index is 15.3. The molecule has 1 aromatic carbocycles. The smallest absolute Gasteiger partial charge is 0.251 e. The van der Waals surface area contributed by atoms with Crippen LogP contribution in [0.5, 0.6) is 0 Å². The zero-order chi connectivity index (χ0) is 26.8. The van der Waals surface area contributed by atoms with Gasteiger partial charge in [-0.2, -0.15) is 0 Å². The number of benzene rings is 1. The third-order valence-electron chi connectivity index (χ3n) is 6.83. The molecule has 0 aliphatic rings. The highest BCUT2D eigenvalue weighted by Crippen LogP contribution is 2.36. The molecule has 0 radical (unpaired) electrons. The topological polar surface area (TPSA) is 86.8 Å². The standard InChI is InChI=1S/C30H31FN6O/c1-18(2)37(19(3)4)13-12-33-30(38)21-9-7-20(8-10-21)27-24(31)16-35-29-28(27)23-14-25(34-17-26(23)36-29)22-6-5-11-32-15-22/h5-11,14-19H,12-13H2,1-4H3,(H,33,38)(H,35,36). The van der Waals surface area contributed by atoms with Crippen molar-refractivity contribution in [1.82, 2.24) is 30.2 Å². The Morgan fingerprint density at radius 2 is 1.76 bits per heavy atom. The molecule has 7 nitrogen and oxygen atoms in total. The molecular weight excluding hydrogens is 479 g/mol. The summed E-state index contributed by atoms with van der Waals surface area (Å²) in [6, 6.07) is 13.5. The van der Waals surface area contributed by atoms with Crippen molar-refractivity contribution < 1.29 is 9.18 Å². The van der Waals surface area contributed by atoms with Crippen molar-refractivity contribution in [2.24, 2.45) is 0 Å². The minimum absolute atomic E-state index is 0.149. The van der Waals surface area contributed by atoms with Gasteiger partial charge >= 0.3 is 0 Å². The third-order valence-corrected chi connectivity index (χ3v) is 6.83. The van der Waals surface area contributed by atoms with Crippen molar-refractivity contribution in [3.05, 3.63) is 78.6 Å². The van der Waals surface area contributed by atoms with Crippen molar-refractivity contribution in [2.45, 2.75) is 39.8 Å². The predicted octanol–water partition coefficient (Wildman–Crippen LogP) is 5.83. The van der Waals surface area contributed by atoms with Gasteiger partial charge in [0, 0.05) is 65.0 Å². The summed E-state index contributed by atoms with van der Waals surface area (Å²) in [6.45, 7) is 9.94. The van der Waals surface area contributed by atoms with Gasteiger partial charge < -0.3 is 10.3 Å². The summed E-state index contributed by atoms with van der Waals surface area (Å²) in [5, 5.41) is 4.49. The van der Waals surface area contributed by atoms with Gasteiger partial charge in [-0.15, -0.1) is 0 Å². The zero-order valence-electron chi connectivity index (χ0n) is 22.0. The summed E-state index contributed by atoms with van der Waals surface area (Å²) in [6.07, 6.45) is 6.41. The molecule has 0 spiro atoms. The first-order valence-electron chi connectivity index (χ1n) is 12.8. The summed E-state index contributed by atoms with van der Waals surface area (Å²) >= 11 is 0. The van der Waals surface area contributed by atoms with Crippen molar-refractivity contribution in [3.8, 4) is 22.4 Å². The number of pyridine rings is 3. The van der Waals surface area contributed by atoms with Crippen LogP contribution in [0.25, 0.3) is 44.3 Å². The molecule has 0 bridgehead atoms. The lowest BCUT2D eigenvalue weighted by molar-refractivity contribution is 0.0939. The van der Waals surface area contributed by atoms with E-state index in [4.69, 9.17) is 0 Å². The molecule has 4 aromatic heterocycles. The number of aromatic nitrogens is 4. The number of fused-ring (bicyclic) bond motifs is 3. The van der Waals surface area contributed by atoms with Gasteiger partial charge in [-0.25, -0.2) is 9.37 Å². The van der Waals surface area contributed by atoms with Crippen molar-refractivity contribution >= 4 is 27.8 Å². The quantitative estimate of drug-likeness (QED) is 0.274. The van der Waals surface area contributed by atoms with Crippen LogP contribution in [0, 0.1) is 5.82 Å². The van der Waals surface area contributed by atoms with Crippen LogP contribution in [0.1, 0.15) is 38.1 Å². The fourth-order valence-electron chi connectivity index (χ4n) is 4.99. The molecule has 2 N–H and O–H groups in total. The number of carbonyl (C=O) groups excluding carboxylic acids is 1. The van der Waals surface area contributed by atoms with Crippen molar-refractivity contribution in [2.75, 3.05) is 13.1 Å². The van der Waals surface area contributed by atoms with Crippen molar-refractivity contribution in [1.29, 1.82) is 0 Å². The SMILES string of the molecule is CC(C)N(CCNC(=O)c1ccc(-c2c(F)cnc3[nH]c4cnc(-c5cccnc5)cc4c23)cc1)C(C)C. The van der Waals surface area contributed by atoms with Gasteiger partial charge in [0.15, 0.2) is 0 Å². The number of rotatable bonds is 8. The molecule has 38 heavy (non-hydrogen) atoms. The normalized spacial score (nSPS) is 11.8. The van der Waals surface area contributed by atoms with Crippen molar-refractivity contribution in [3.63, 3.8) is 0 Å². The van der Waals surface area contributed by atoms with E-state index >= 15 is 4.39 Å². The number of amides is 1. The van der Waals surface area contributed by atoms with Gasteiger partial charge in [-0.3, -0.25) is 19.7 Å². The maximum absolute atomic E-state index is 15.3. The summed E-state index contributed by atoms with van der Waals surface area (Å²) in [4.78, 5) is 31.4. The summed E-state index contributed by atoms with van der Waals surface area (Å²) < 4.78 is 15.3. The fourth-order valence-corrected chi connectivity index (χ4v) is 4.99. The minimum atomic E-state index is -0.433. The lowest BCUT2D eigenvalue weighted by Gasteiger charge is -2.30. The van der Waals surface area contributed by atoms with Crippen LogP contribution in [0.3, 0.4) is 0 Å². The Morgan fingerprint density at radius 3 is 2.45 bits per heavy atom. The van der Waals surface area contributed by atoms with E-state index in [-0.39, 0.29) is 5.91 Å². The number of halogens is 1. The summed E-state index contributed by atoms with van der Waals surface area (Å²) in [5.74, 6) is -0.582. The van der Waals surface area contributed by atoms with E-state index in [0.29, 0.717) is 46.4 Å². The molecule has 4 heterocycles. The van der Waals surface area contributed by atoms with E-state index < -0.39 is 5.82 Å². The largest absolute Gasteiger partial charge is 0.351 e. The predicted molar refractivity (Wildman–Crippen MR) is 149 cm³/mol.